The molecule has 0 spiro atoms. The van der Waals surface area contributed by atoms with Gasteiger partial charge < -0.3 is 5.32 Å². The van der Waals surface area contributed by atoms with Crippen LogP contribution in [0.2, 0.25) is 0 Å². The third kappa shape index (κ3) is 3.26. The molecule has 1 aliphatic rings. The van der Waals surface area contributed by atoms with E-state index in [1.54, 1.807) is 0 Å². The summed E-state index contributed by atoms with van der Waals surface area (Å²) >= 11 is 0. The predicted octanol–water partition coefficient (Wildman–Crippen LogP) is 1.60. The van der Waals surface area contributed by atoms with Gasteiger partial charge >= 0.3 is 0 Å². The zero-order valence-electron chi connectivity index (χ0n) is 9.52. The molecule has 1 aromatic carbocycles. The summed E-state index contributed by atoms with van der Waals surface area (Å²) in [6, 6.07) is 5.04. The molecule has 17 heavy (non-hydrogen) atoms. The molecule has 0 bridgehead atoms. The van der Waals surface area contributed by atoms with Crippen LogP contribution in [0.4, 0.5) is 4.39 Å². The van der Waals surface area contributed by atoms with Crippen LogP contribution in [0.1, 0.15) is 12.8 Å². The van der Waals surface area contributed by atoms with Crippen molar-refractivity contribution in [1.29, 1.82) is 0 Å². The molecule has 1 fully saturated rings. The van der Waals surface area contributed by atoms with Crippen LogP contribution in [-0.2, 0) is 9.84 Å². The smallest absolute Gasteiger partial charge is 0.178 e. The van der Waals surface area contributed by atoms with Gasteiger partial charge in [0, 0.05) is 0 Å². The van der Waals surface area contributed by atoms with Crippen molar-refractivity contribution in [3.63, 3.8) is 0 Å². The molecule has 0 radical (unpaired) electrons. The highest BCUT2D eigenvalue weighted by atomic mass is 32.2. The van der Waals surface area contributed by atoms with Gasteiger partial charge in [0.25, 0.3) is 0 Å². The predicted molar refractivity (Wildman–Crippen MR) is 64.0 cm³/mol. The van der Waals surface area contributed by atoms with E-state index in [0.717, 1.165) is 25.9 Å². The van der Waals surface area contributed by atoms with E-state index < -0.39 is 15.7 Å². The van der Waals surface area contributed by atoms with Crippen molar-refractivity contribution in [2.75, 3.05) is 18.8 Å². The number of sulfone groups is 1. The topological polar surface area (TPSA) is 46.2 Å². The number of nitrogens with one attached hydrogen (secondary N) is 1. The van der Waals surface area contributed by atoms with Crippen LogP contribution in [0, 0.1) is 11.7 Å². The molecule has 0 saturated carbocycles. The maximum absolute atomic E-state index is 12.7. The molecule has 1 heterocycles. The first-order valence-electron chi connectivity index (χ1n) is 5.77. The van der Waals surface area contributed by atoms with Gasteiger partial charge in [-0.05, 0) is 56.1 Å². The molecular formula is C12H16FNO2S. The summed E-state index contributed by atoms with van der Waals surface area (Å²) < 4.78 is 36.9. The van der Waals surface area contributed by atoms with Crippen LogP contribution in [0.3, 0.4) is 0 Å². The third-order valence-electron chi connectivity index (χ3n) is 3.03. The molecule has 2 rings (SSSR count). The van der Waals surface area contributed by atoms with Crippen LogP contribution in [0.15, 0.2) is 29.2 Å². The summed E-state index contributed by atoms with van der Waals surface area (Å²) in [6.07, 6.45) is 1.96. The fourth-order valence-corrected chi connectivity index (χ4v) is 3.76. The van der Waals surface area contributed by atoms with Crippen molar-refractivity contribution in [2.24, 2.45) is 5.92 Å². The fraction of sp³-hybridized carbons (Fsp3) is 0.500. The summed E-state index contributed by atoms with van der Waals surface area (Å²) in [4.78, 5) is 0.212. The first kappa shape index (κ1) is 12.5. The standard InChI is InChI=1S/C12H16FNO2S/c13-11-3-5-12(6-4-11)17(15,16)9-10-2-1-7-14-8-10/h3-6,10,14H,1-2,7-9H2. The second-order valence-corrected chi connectivity index (χ2v) is 6.48. The highest BCUT2D eigenvalue weighted by molar-refractivity contribution is 7.91. The van der Waals surface area contributed by atoms with Crippen molar-refractivity contribution in [3.05, 3.63) is 30.1 Å². The monoisotopic (exact) mass is 257 g/mol. The number of piperidine rings is 1. The first-order valence-corrected chi connectivity index (χ1v) is 7.42. The molecule has 5 heteroatoms. The van der Waals surface area contributed by atoms with Crippen molar-refractivity contribution in [2.45, 2.75) is 17.7 Å². The zero-order chi connectivity index (χ0) is 12.3. The Bertz CT molecular complexity index is 464. The summed E-state index contributed by atoms with van der Waals surface area (Å²) in [6.45, 7) is 1.72. The van der Waals surface area contributed by atoms with E-state index in [1.165, 1.54) is 24.3 Å². The second-order valence-electron chi connectivity index (χ2n) is 4.45. The largest absolute Gasteiger partial charge is 0.316 e. The van der Waals surface area contributed by atoms with Gasteiger partial charge in [-0.3, -0.25) is 0 Å². The summed E-state index contributed by atoms with van der Waals surface area (Å²) in [7, 11) is -3.28. The summed E-state index contributed by atoms with van der Waals surface area (Å²) in [5.74, 6) is -0.104. The van der Waals surface area contributed by atoms with Crippen molar-refractivity contribution >= 4 is 9.84 Å². The van der Waals surface area contributed by atoms with Gasteiger partial charge in [0.05, 0.1) is 10.6 Å². The van der Waals surface area contributed by atoms with Crippen LogP contribution in [0.25, 0.3) is 0 Å². The van der Waals surface area contributed by atoms with E-state index >= 15 is 0 Å². The molecule has 3 nitrogen and oxygen atoms in total. The van der Waals surface area contributed by atoms with Crippen LogP contribution in [-0.4, -0.2) is 27.3 Å². The lowest BCUT2D eigenvalue weighted by atomic mass is 10.0. The van der Waals surface area contributed by atoms with Gasteiger partial charge in [-0.15, -0.1) is 0 Å². The quantitative estimate of drug-likeness (QED) is 0.837. The highest BCUT2D eigenvalue weighted by Crippen LogP contribution is 2.18. The minimum Gasteiger partial charge on any atom is -0.316 e. The van der Waals surface area contributed by atoms with E-state index in [9.17, 15) is 12.8 Å². The zero-order valence-corrected chi connectivity index (χ0v) is 10.3. The summed E-state index contributed by atoms with van der Waals surface area (Å²) in [5, 5.41) is 3.19. The molecule has 94 valence electrons. The molecule has 1 aromatic rings. The van der Waals surface area contributed by atoms with Crippen molar-refractivity contribution in [1.82, 2.24) is 5.32 Å². The molecular weight excluding hydrogens is 241 g/mol. The maximum Gasteiger partial charge on any atom is 0.178 e. The Kier molecular flexibility index (Phi) is 3.79. The minimum atomic E-state index is -3.28. The Hall–Kier alpha value is -0.940. The second kappa shape index (κ2) is 5.14. The van der Waals surface area contributed by atoms with Crippen LogP contribution in [0.5, 0.6) is 0 Å². The maximum atomic E-state index is 12.7. The van der Waals surface area contributed by atoms with Crippen molar-refractivity contribution < 1.29 is 12.8 Å². The van der Waals surface area contributed by atoms with Gasteiger partial charge in [-0.25, -0.2) is 12.8 Å². The molecule has 1 atom stereocenters. The van der Waals surface area contributed by atoms with Gasteiger partial charge in [-0.1, -0.05) is 0 Å². The lowest BCUT2D eigenvalue weighted by molar-refractivity contribution is 0.404. The lowest BCUT2D eigenvalue weighted by Crippen LogP contribution is -2.33. The molecule has 0 aliphatic carbocycles. The Morgan fingerprint density at radius 2 is 2.00 bits per heavy atom. The summed E-state index contributed by atoms with van der Waals surface area (Å²) in [5.41, 5.74) is 0. The molecule has 1 N–H and O–H groups in total. The molecule has 1 aliphatic heterocycles. The average Bonchev–Trinajstić information content (AvgIpc) is 2.30. The average molecular weight is 257 g/mol. The Labute approximate surface area is 101 Å². The Morgan fingerprint density at radius 1 is 1.29 bits per heavy atom. The van der Waals surface area contributed by atoms with Crippen LogP contribution < -0.4 is 5.32 Å². The van der Waals surface area contributed by atoms with Gasteiger partial charge in [0.15, 0.2) is 9.84 Å². The molecule has 1 saturated heterocycles. The van der Waals surface area contributed by atoms with Gasteiger partial charge in [0.1, 0.15) is 5.82 Å². The van der Waals surface area contributed by atoms with Gasteiger partial charge in [-0.2, -0.15) is 0 Å². The fourth-order valence-electron chi connectivity index (χ4n) is 2.11. The van der Waals surface area contributed by atoms with E-state index in [-0.39, 0.29) is 16.6 Å². The number of halogens is 1. The Balaban J connectivity index is 2.10. The van der Waals surface area contributed by atoms with E-state index in [1.807, 2.05) is 0 Å². The number of hydrogen-bond acceptors (Lipinski definition) is 3. The molecule has 1 unspecified atom stereocenters. The number of hydrogen-bond donors (Lipinski definition) is 1. The van der Waals surface area contributed by atoms with E-state index in [4.69, 9.17) is 0 Å². The molecule has 0 aromatic heterocycles. The van der Waals surface area contributed by atoms with E-state index in [2.05, 4.69) is 5.32 Å². The van der Waals surface area contributed by atoms with E-state index in [0.29, 0.717) is 0 Å². The normalized spacial score (nSPS) is 21.4. The Morgan fingerprint density at radius 3 is 2.59 bits per heavy atom. The minimum absolute atomic E-state index is 0.144. The van der Waals surface area contributed by atoms with Crippen LogP contribution >= 0.6 is 0 Å². The molecule has 0 amide bonds. The SMILES string of the molecule is O=S(=O)(CC1CCCNC1)c1ccc(F)cc1. The number of benzene rings is 1. The van der Waals surface area contributed by atoms with Gasteiger partial charge in [0.2, 0.25) is 0 Å². The first-order chi connectivity index (χ1) is 8.08. The highest BCUT2D eigenvalue weighted by Gasteiger charge is 2.22. The van der Waals surface area contributed by atoms with Crippen molar-refractivity contribution in [3.8, 4) is 0 Å². The number of rotatable bonds is 3. The third-order valence-corrected chi connectivity index (χ3v) is 4.93. The lowest BCUT2D eigenvalue weighted by Gasteiger charge is -2.22.